The average Bonchev–Trinajstić information content (AvgIpc) is 2.33. The lowest BCUT2D eigenvalue weighted by Gasteiger charge is -2.07. The van der Waals surface area contributed by atoms with E-state index in [9.17, 15) is 9.90 Å². The standard InChI is InChI=1S/C13H19NO4/c1-2-7-18-8-3-6-14-13(17)11-5-4-10(15)9-12(11)16/h4-5,9,15-16H,2-3,6-8H2,1H3,(H,14,17). The Hall–Kier alpha value is -1.75. The van der Waals surface area contributed by atoms with Crippen LogP contribution >= 0.6 is 0 Å². The molecule has 0 saturated carbocycles. The van der Waals surface area contributed by atoms with Gasteiger partial charge >= 0.3 is 0 Å². The smallest absolute Gasteiger partial charge is 0.255 e. The molecule has 0 aliphatic heterocycles. The number of rotatable bonds is 7. The van der Waals surface area contributed by atoms with Gasteiger partial charge in [0.25, 0.3) is 5.91 Å². The Bertz CT molecular complexity index is 393. The molecule has 1 rings (SSSR count). The summed E-state index contributed by atoms with van der Waals surface area (Å²) in [7, 11) is 0. The van der Waals surface area contributed by atoms with Gasteiger partial charge in [-0.05, 0) is 25.0 Å². The molecular formula is C13H19NO4. The highest BCUT2D eigenvalue weighted by Gasteiger charge is 2.10. The number of hydrogen-bond acceptors (Lipinski definition) is 4. The van der Waals surface area contributed by atoms with E-state index in [0.29, 0.717) is 13.2 Å². The van der Waals surface area contributed by atoms with Crippen LogP contribution in [0.1, 0.15) is 30.1 Å². The third-order valence-corrected chi connectivity index (χ3v) is 2.33. The monoisotopic (exact) mass is 253 g/mol. The van der Waals surface area contributed by atoms with Crippen molar-refractivity contribution in [2.24, 2.45) is 0 Å². The molecule has 3 N–H and O–H groups in total. The molecule has 5 nitrogen and oxygen atoms in total. The first-order valence-electron chi connectivity index (χ1n) is 6.03. The summed E-state index contributed by atoms with van der Waals surface area (Å²) in [5.74, 6) is -0.658. The number of carbonyl (C=O) groups excluding carboxylic acids is 1. The van der Waals surface area contributed by atoms with Gasteiger partial charge in [0.15, 0.2) is 0 Å². The molecule has 18 heavy (non-hydrogen) atoms. The Morgan fingerprint density at radius 3 is 2.78 bits per heavy atom. The molecule has 0 unspecified atom stereocenters. The second-order valence-electron chi connectivity index (χ2n) is 3.92. The zero-order valence-corrected chi connectivity index (χ0v) is 10.5. The maximum atomic E-state index is 11.7. The zero-order valence-electron chi connectivity index (χ0n) is 10.5. The molecule has 0 atom stereocenters. The summed E-state index contributed by atoms with van der Waals surface area (Å²) in [6.45, 7) is 3.86. The first kappa shape index (κ1) is 14.3. The van der Waals surface area contributed by atoms with Crippen molar-refractivity contribution in [3.8, 4) is 11.5 Å². The van der Waals surface area contributed by atoms with Gasteiger partial charge in [-0.2, -0.15) is 0 Å². The van der Waals surface area contributed by atoms with Crippen molar-refractivity contribution in [2.75, 3.05) is 19.8 Å². The van der Waals surface area contributed by atoms with Gasteiger partial charge in [0.05, 0.1) is 5.56 Å². The number of phenols is 2. The number of nitrogens with one attached hydrogen (secondary N) is 1. The Kier molecular flexibility index (Phi) is 6.00. The molecule has 0 spiro atoms. The molecule has 0 heterocycles. The summed E-state index contributed by atoms with van der Waals surface area (Å²) in [6, 6.07) is 3.88. The maximum Gasteiger partial charge on any atom is 0.255 e. The molecule has 0 aromatic heterocycles. The maximum absolute atomic E-state index is 11.7. The highest BCUT2D eigenvalue weighted by atomic mass is 16.5. The second-order valence-corrected chi connectivity index (χ2v) is 3.92. The van der Waals surface area contributed by atoms with Crippen molar-refractivity contribution >= 4 is 5.91 Å². The largest absolute Gasteiger partial charge is 0.508 e. The van der Waals surface area contributed by atoms with Crippen molar-refractivity contribution in [3.63, 3.8) is 0 Å². The van der Waals surface area contributed by atoms with Crippen LogP contribution in [0.2, 0.25) is 0 Å². The van der Waals surface area contributed by atoms with Gasteiger partial charge in [0, 0.05) is 25.8 Å². The summed E-state index contributed by atoms with van der Waals surface area (Å²) >= 11 is 0. The van der Waals surface area contributed by atoms with E-state index in [1.807, 2.05) is 6.92 Å². The van der Waals surface area contributed by atoms with Crippen LogP contribution < -0.4 is 5.32 Å². The van der Waals surface area contributed by atoms with E-state index < -0.39 is 0 Å². The van der Waals surface area contributed by atoms with E-state index in [-0.39, 0.29) is 23.0 Å². The van der Waals surface area contributed by atoms with Gasteiger partial charge in [0.1, 0.15) is 11.5 Å². The molecule has 100 valence electrons. The van der Waals surface area contributed by atoms with E-state index in [4.69, 9.17) is 9.84 Å². The first-order valence-corrected chi connectivity index (χ1v) is 6.03. The summed E-state index contributed by atoms with van der Waals surface area (Å²) < 4.78 is 5.28. The Morgan fingerprint density at radius 2 is 2.11 bits per heavy atom. The number of aromatic hydroxyl groups is 2. The Morgan fingerprint density at radius 1 is 1.33 bits per heavy atom. The molecule has 1 aromatic carbocycles. The van der Waals surface area contributed by atoms with E-state index in [2.05, 4.69) is 5.32 Å². The summed E-state index contributed by atoms with van der Waals surface area (Å²) in [6.07, 6.45) is 1.71. The highest BCUT2D eigenvalue weighted by molar-refractivity contribution is 5.96. The SMILES string of the molecule is CCCOCCCNC(=O)c1ccc(O)cc1O. The molecule has 0 saturated heterocycles. The van der Waals surface area contributed by atoms with Crippen LogP contribution in [0.3, 0.4) is 0 Å². The van der Waals surface area contributed by atoms with Crippen LogP contribution in [0.5, 0.6) is 11.5 Å². The normalized spacial score (nSPS) is 10.3. The topological polar surface area (TPSA) is 78.8 Å². The van der Waals surface area contributed by atoms with Crippen LogP contribution in [0.15, 0.2) is 18.2 Å². The predicted octanol–water partition coefficient (Wildman–Crippen LogP) is 1.64. The van der Waals surface area contributed by atoms with Crippen molar-refractivity contribution in [1.82, 2.24) is 5.32 Å². The van der Waals surface area contributed by atoms with Gasteiger partial charge in [-0.25, -0.2) is 0 Å². The van der Waals surface area contributed by atoms with Gasteiger partial charge < -0.3 is 20.3 Å². The lowest BCUT2D eigenvalue weighted by molar-refractivity contribution is 0.0939. The molecule has 1 amide bonds. The van der Waals surface area contributed by atoms with Crippen molar-refractivity contribution in [1.29, 1.82) is 0 Å². The number of amides is 1. The minimum Gasteiger partial charge on any atom is -0.508 e. The molecule has 0 fully saturated rings. The minimum atomic E-state index is -0.358. The number of ether oxygens (including phenoxy) is 1. The Balaban J connectivity index is 2.32. The van der Waals surface area contributed by atoms with E-state index in [0.717, 1.165) is 25.5 Å². The summed E-state index contributed by atoms with van der Waals surface area (Å²) in [5.41, 5.74) is 0.155. The third-order valence-electron chi connectivity index (χ3n) is 2.33. The van der Waals surface area contributed by atoms with Gasteiger partial charge in [-0.3, -0.25) is 4.79 Å². The minimum absolute atomic E-state index is 0.0722. The molecule has 0 aliphatic carbocycles. The first-order chi connectivity index (χ1) is 8.65. The molecule has 0 aliphatic rings. The molecule has 1 aromatic rings. The summed E-state index contributed by atoms with van der Waals surface area (Å²) in [4.78, 5) is 11.7. The Labute approximate surface area is 106 Å². The zero-order chi connectivity index (χ0) is 13.4. The van der Waals surface area contributed by atoms with E-state index in [1.54, 1.807) is 0 Å². The predicted molar refractivity (Wildman–Crippen MR) is 67.8 cm³/mol. The van der Waals surface area contributed by atoms with Crippen molar-refractivity contribution in [3.05, 3.63) is 23.8 Å². The number of benzene rings is 1. The summed E-state index contributed by atoms with van der Waals surface area (Å²) in [5, 5.41) is 21.3. The van der Waals surface area contributed by atoms with Gasteiger partial charge in [-0.1, -0.05) is 6.92 Å². The quantitative estimate of drug-likeness (QED) is 0.645. The van der Waals surface area contributed by atoms with Crippen LogP contribution in [0.25, 0.3) is 0 Å². The van der Waals surface area contributed by atoms with Gasteiger partial charge in [0.2, 0.25) is 0 Å². The number of hydrogen-bond donors (Lipinski definition) is 3. The molecule has 5 heteroatoms. The van der Waals surface area contributed by atoms with Crippen LogP contribution in [-0.4, -0.2) is 35.9 Å². The molecule has 0 bridgehead atoms. The lowest BCUT2D eigenvalue weighted by Crippen LogP contribution is -2.25. The molecular weight excluding hydrogens is 234 g/mol. The lowest BCUT2D eigenvalue weighted by atomic mass is 10.2. The van der Waals surface area contributed by atoms with Crippen molar-refractivity contribution in [2.45, 2.75) is 19.8 Å². The third kappa shape index (κ3) is 4.63. The fraction of sp³-hybridized carbons (Fsp3) is 0.462. The van der Waals surface area contributed by atoms with Crippen LogP contribution in [0, 0.1) is 0 Å². The second kappa shape index (κ2) is 7.55. The van der Waals surface area contributed by atoms with Crippen molar-refractivity contribution < 1.29 is 19.7 Å². The number of carbonyl (C=O) groups is 1. The van der Waals surface area contributed by atoms with Crippen LogP contribution in [-0.2, 0) is 4.74 Å². The average molecular weight is 253 g/mol. The highest BCUT2D eigenvalue weighted by Crippen LogP contribution is 2.22. The van der Waals surface area contributed by atoms with E-state index >= 15 is 0 Å². The fourth-order valence-corrected chi connectivity index (χ4v) is 1.43. The van der Waals surface area contributed by atoms with Gasteiger partial charge in [-0.15, -0.1) is 0 Å². The van der Waals surface area contributed by atoms with Crippen LogP contribution in [0.4, 0.5) is 0 Å². The number of phenolic OH excluding ortho intramolecular Hbond substituents is 2. The van der Waals surface area contributed by atoms with E-state index in [1.165, 1.54) is 12.1 Å². The molecule has 0 radical (unpaired) electrons. The fourth-order valence-electron chi connectivity index (χ4n) is 1.43.